The summed E-state index contributed by atoms with van der Waals surface area (Å²) in [4.78, 5) is 45.9. The molecule has 0 radical (unpaired) electrons. The Morgan fingerprint density at radius 3 is 2.19 bits per heavy atom. The molecule has 0 N–H and O–H groups in total. The van der Waals surface area contributed by atoms with Crippen LogP contribution in [-0.2, 0) is 20.1 Å². The number of rotatable bonds is 4. The van der Waals surface area contributed by atoms with Crippen molar-refractivity contribution in [3.63, 3.8) is 0 Å². The van der Waals surface area contributed by atoms with Gasteiger partial charge in [0.05, 0.1) is 11.3 Å². The number of hydrogen-bond acceptors (Lipinski definition) is 4. The number of aromatic nitrogens is 1. The molecule has 0 atom stereocenters. The second-order valence-electron chi connectivity index (χ2n) is 11.1. The van der Waals surface area contributed by atoms with Gasteiger partial charge in [0, 0.05) is 64.1 Å². The Bertz CT molecular complexity index is 1640. The molecule has 2 amide bonds. The van der Waals surface area contributed by atoms with Crippen LogP contribution in [0.4, 0.5) is 10.1 Å². The van der Waals surface area contributed by atoms with Crippen molar-refractivity contribution in [3.05, 3.63) is 135 Å². The topological polar surface area (TPSA) is 65.9 Å². The van der Waals surface area contributed by atoms with Gasteiger partial charge < -0.3 is 14.4 Å². The molecule has 0 bridgehead atoms. The van der Waals surface area contributed by atoms with Gasteiger partial charge in [0.2, 0.25) is 5.56 Å². The SMILES string of the molecule is Cc1cccc2c1N(C(=O)c1ccc(F)cc1)CCCN(Cc1ccccc1)CCCN(C(=O)c1ccc(=O)n(C)c1)C2. The van der Waals surface area contributed by atoms with E-state index in [4.69, 9.17) is 0 Å². The molecule has 0 spiro atoms. The largest absolute Gasteiger partial charge is 0.334 e. The van der Waals surface area contributed by atoms with Gasteiger partial charge in [0.25, 0.3) is 11.8 Å². The number of pyridine rings is 1. The first-order valence-electron chi connectivity index (χ1n) is 14.7. The average Bonchev–Trinajstić information content (AvgIpc) is 3.00. The van der Waals surface area contributed by atoms with E-state index in [2.05, 4.69) is 17.0 Å². The van der Waals surface area contributed by atoms with E-state index in [-0.39, 0.29) is 17.4 Å². The van der Waals surface area contributed by atoms with Crippen LogP contribution in [0.2, 0.25) is 0 Å². The predicted molar refractivity (Wildman–Crippen MR) is 167 cm³/mol. The van der Waals surface area contributed by atoms with Gasteiger partial charge in [-0.25, -0.2) is 4.39 Å². The number of carbonyl (C=O) groups is 2. The third kappa shape index (κ3) is 7.27. The predicted octanol–water partition coefficient (Wildman–Crippen LogP) is 5.42. The maximum absolute atomic E-state index is 14.0. The Balaban J connectivity index is 1.54. The number of para-hydroxylation sites is 1. The second-order valence-corrected chi connectivity index (χ2v) is 11.1. The molecule has 3 aromatic carbocycles. The van der Waals surface area contributed by atoms with Gasteiger partial charge in [-0.3, -0.25) is 19.3 Å². The molecule has 1 aromatic heterocycles. The molecule has 1 aliphatic rings. The first-order valence-corrected chi connectivity index (χ1v) is 14.7. The molecule has 5 rings (SSSR count). The van der Waals surface area contributed by atoms with E-state index in [1.165, 1.54) is 40.5 Å². The Hall–Kier alpha value is -4.56. The lowest BCUT2D eigenvalue weighted by Crippen LogP contribution is -2.39. The number of anilines is 1. The van der Waals surface area contributed by atoms with Crippen molar-refractivity contribution in [1.82, 2.24) is 14.4 Å². The number of halogens is 1. The molecule has 2 heterocycles. The number of benzene rings is 3. The molecule has 7 nitrogen and oxygen atoms in total. The summed E-state index contributed by atoms with van der Waals surface area (Å²) in [6.07, 6.45) is 3.09. The van der Waals surface area contributed by atoms with Gasteiger partial charge >= 0.3 is 0 Å². The lowest BCUT2D eigenvalue weighted by Gasteiger charge is -2.32. The highest BCUT2D eigenvalue weighted by Crippen LogP contribution is 2.29. The number of fused-ring (bicyclic) bond motifs is 1. The van der Waals surface area contributed by atoms with Crippen LogP contribution < -0.4 is 10.5 Å². The maximum atomic E-state index is 14.0. The zero-order valence-corrected chi connectivity index (χ0v) is 24.7. The quantitative estimate of drug-likeness (QED) is 0.324. The van der Waals surface area contributed by atoms with Crippen molar-refractivity contribution in [3.8, 4) is 0 Å². The zero-order valence-electron chi connectivity index (χ0n) is 24.7. The number of nitrogens with zero attached hydrogens (tertiary/aromatic N) is 4. The third-order valence-corrected chi connectivity index (χ3v) is 7.92. The number of amides is 2. The molecule has 43 heavy (non-hydrogen) atoms. The van der Waals surface area contributed by atoms with Gasteiger partial charge in [-0.05, 0) is 66.8 Å². The minimum absolute atomic E-state index is 0.175. The van der Waals surface area contributed by atoms with Crippen LogP contribution in [0.3, 0.4) is 0 Å². The van der Waals surface area contributed by atoms with Crippen LogP contribution >= 0.6 is 0 Å². The standard InChI is InChI=1S/C35H37FN4O3/c1-26-9-6-12-29-25-39(34(42)30-15-18-32(41)37(2)24-30)21-7-19-38(23-27-10-4-3-5-11-27)20-8-22-40(33(26)29)35(43)28-13-16-31(36)17-14-28/h3-6,9-18,24H,7-8,19-23,25H2,1-2H3. The van der Waals surface area contributed by atoms with Crippen LogP contribution in [0.15, 0.2) is 95.9 Å². The summed E-state index contributed by atoms with van der Waals surface area (Å²) in [5, 5.41) is 0. The first-order chi connectivity index (χ1) is 20.8. The zero-order chi connectivity index (χ0) is 30.3. The van der Waals surface area contributed by atoms with Crippen molar-refractivity contribution in [2.75, 3.05) is 31.1 Å². The van der Waals surface area contributed by atoms with Crippen molar-refractivity contribution < 1.29 is 14.0 Å². The normalized spacial score (nSPS) is 14.9. The highest BCUT2D eigenvalue weighted by atomic mass is 19.1. The number of carbonyl (C=O) groups excluding carboxylic acids is 2. The number of aryl methyl sites for hydroxylation is 2. The van der Waals surface area contributed by atoms with E-state index in [9.17, 15) is 18.8 Å². The number of hydrogen-bond donors (Lipinski definition) is 0. The van der Waals surface area contributed by atoms with Crippen molar-refractivity contribution in [1.29, 1.82) is 0 Å². The Morgan fingerprint density at radius 1 is 0.767 bits per heavy atom. The summed E-state index contributed by atoms with van der Waals surface area (Å²) in [7, 11) is 1.63. The van der Waals surface area contributed by atoms with Crippen LogP contribution in [0, 0.1) is 12.7 Å². The fourth-order valence-corrected chi connectivity index (χ4v) is 5.71. The van der Waals surface area contributed by atoms with Crippen LogP contribution in [-0.4, -0.2) is 52.4 Å². The van der Waals surface area contributed by atoms with E-state index >= 15 is 0 Å². The molecule has 1 aliphatic heterocycles. The van der Waals surface area contributed by atoms with Gasteiger partial charge in [-0.2, -0.15) is 0 Å². The molecule has 0 unspecified atom stereocenters. The molecular weight excluding hydrogens is 543 g/mol. The fraction of sp³-hybridized carbons (Fsp3) is 0.286. The van der Waals surface area contributed by atoms with Crippen molar-refractivity contribution >= 4 is 17.5 Å². The highest BCUT2D eigenvalue weighted by Gasteiger charge is 2.26. The van der Waals surface area contributed by atoms with E-state index in [1.807, 2.05) is 43.3 Å². The summed E-state index contributed by atoms with van der Waals surface area (Å²) in [6.45, 7) is 5.54. The molecule has 8 heteroatoms. The first kappa shape index (κ1) is 29.9. The van der Waals surface area contributed by atoms with E-state index < -0.39 is 5.82 Å². The molecular formula is C35H37FN4O3. The minimum atomic E-state index is -0.397. The molecule has 4 aromatic rings. The Kier molecular flexibility index (Phi) is 9.47. The van der Waals surface area contributed by atoms with Gasteiger partial charge in [-0.1, -0.05) is 48.5 Å². The molecule has 222 valence electrons. The third-order valence-electron chi connectivity index (χ3n) is 7.92. The highest BCUT2D eigenvalue weighted by molar-refractivity contribution is 6.07. The van der Waals surface area contributed by atoms with Crippen LogP contribution in [0.1, 0.15) is 50.2 Å². The lowest BCUT2D eigenvalue weighted by molar-refractivity contribution is 0.0733. The van der Waals surface area contributed by atoms with E-state index in [0.29, 0.717) is 30.8 Å². The summed E-state index contributed by atoms with van der Waals surface area (Å²) < 4.78 is 15.1. The summed E-state index contributed by atoms with van der Waals surface area (Å²) in [5.74, 6) is -0.782. The smallest absolute Gasteiger partial charge is 0.258 e. The Morgan fingerprint density at radius 2 is 1.47 bits per heavy atom. The van der Waals surface area contributed by atoms with Gasteiger partial charge in [0.1, 0.15) is 5.82 Å². The van der Waals surface area contributed by atoms with Gasteiger partial charge in [0.15, 0.2) is 0 Å². The summed E-state index contributed by atoms with van der Waals surface area (Å²) in [6, 6.07) is 24.8. The molecule has 0 saturated carbocycles. The van der Waals surface area contributed by atoms with Crippen LogP contribution in [0.25, 0.3) is 0 Å². The van der Waals surface area contributed by atoms with Crippen molar-refractivity contribution in [2.45, 2.75) is 32.9 Å². The lowest BCUT2D eigenvalue weighted by atomic mass is 10.0. The van der Waals surface area contributed by atoms with Crippen molar-refractivity contribution in [2.24, 2.45) is 7.05 Å². The summed E-state index contributed by atoms with van der Waals surface area (Å²) in [5.41, 5.74) is 4.40. The van der Waals surface area contributed by atoms with E-state index in [0.717, 1.165) is 49.3 Å². The van der Waals surface area contributed by atoms with E-state index in [1.54, 1.807) is 29.1 Å². The molecule has 0 fully saturated rings. The van der Waals surface area contributed by atoms with Gasteiger partial charge in [-0.15, -0.1) is 0 Å². The molecule has 0 saturated heterocycles. The maximum Gasteiger partial charge on any atom is 0.258 e. The minimum Gasteiger partial charge on any atom is -0.334 e. The Labute approximate surface area is 251 Å². The van der Waals surface area contributed by atoms with Crippen LogP contribution in [0.5, 0.6) is 0 Å². The monoisotopic (exact) mass is 580 g/mol. The average molecular weight is 581 g/mol. The molecule has 0 aliphatic carbocycles. The fourth-order valence-electron chi connectivity index (χ4n) is 5.71. The second kappa shape index (κ2) is 13.6. The summed E-state index contributed by atoms with van der Waals surface area (Å²) >= 11 is 0.